The SMILES string of the molecule is Nc1ccnc(-c2c(-c3ccc(F)cc3)noc2NC(=O)Cc2ccccc2)n1. The monoisotopic (exact) mass is 389 g/mol. The molecule has 0 aliphatic heterocycles. The number of nitrogens with one attached hydrogen (secondary N) is 1. The van der Waals surface area contributed by atoms with Crippen molar-refractivity contribution in [2.24, 2.45) is 0 Å². The van der Waals surface area contributed by atoms with E-state index in [4.69, 9.17) is 10.3 Å². The molecule has 4 aromatic rings. The number of hydrogen-bond donors (Lipinski definition) is 2. The zero-order chi connectivity index (χ0) is 20.2. The van der Waals surface area contributed by atoms with Crippen LogP contribution in [-0.4, -0.2) is 21.0 Å². The molecule has 0 aliphatic carbocycles. The number of aromatic nitrogens is 3. The summed E-state index contributed by atoms with van der Waals surface area (Å²) in [5, 5.41) is 6.76. The lowest BCUT2D eigenvalue weighted by Crippen LogP contribution is -2.14. The van der Waals surface area contributed by atoms with E-state index in [1.165, 1.54) is 18.3 Å². The molecule has 0 saturated heterocycles. The zero-order valence-electron chi connectivity index (χ0n) is 15.2. The molecular formula is C21H16FN5O2. The van der Waals surface area contributed by atoms with Gasteiger partial charge in [0.25, 0.3) is 0 Å². The lowest BCUT2D eigenvalue weighted by Gasteiger charge is -2.06. The molecule has 3 N–H and O–H groups in total. The molecule has 144 valence electrons. The summed E-state index contributed by atoms with van der Waals surface area (Å²) in [7, 11) is 0. The van der Waals surface area contributed by atoms with Crippen molar-refractivity contribution in [3.05, 3.63) is 78.2 Å². The fourth-order valence-corrected chi connectivity index (χ4v) is 2.83. The molecule has 29 heavy (non-hydrogen) atoms. The fourth-order valence-electron chi connectivity index (χ4n) is 2.83. The molecule has 0 fully saturated rings. The quantitative estimate of drug-likeness (QED) is 0.539. The highest BCUT2D eigenvalue weighted by molar-refractivity contribution is 5.96. The zero-order valence-corrected chi connectivity index (χ0v) is 15.2. The van der Waals surface area contributed by atoms with Crippen molar-refractivity contribution >= 4 is 17.6 Å². The van der Waals surface area contributed by atoms with Crippen molar-refractivity contribution in [2.75, 3.05) is 11.1 Å². The minimum absolute atomic E-state index is 0.0934. The first-order chi connectivity index (χ1) is 14.1. The Balaban J connectivity index is 1.72. The fraction of sp³-hybridized carbons (Fsp3) is 0.0476. The maximum Gasteiger partial charge on any atom is 0.243 e. The van der Waals surface area contributed by atoms with Gasteiger partial charge in [-0.2, -0.15) is 0 Å². The van der Waals surface area contributed by atoms with E-state index < -0.39 is 0 Å². The van der Waals surface area contributed by atoms with E-state index in [9.17, 15) is 9.18 Å². The molecule has 4 rings (SSSR count). The van der Waals surface area contributed by atoms with Crippen LogP contribution in [0.5, 0.6) is 0 Å². The van der Waals surface area contributed by atoms with E-state index in [0.29, 0.717) is 16.8 Å². The average Bonchev–Trinajstić information content (AvgIpc) is 3.12. The van der Waals surface area contributed by atoms with E-state index in [1.54, 1.807) is 18.2 Å². The van der Waals surface area contributed by atoms with Gasteiger partial charge in [-0.25, -0.2) is 14.4 Å². The number of anilines is 2. The Hall–Kier alpha value is -4.07. The van der Waals surface area contributed by atoms with Gasteiger partial charge < -0.3 is 10.3 Å². The minimum Gasteiger partial charge on any atom is -0.384 e. The molecule has 0 bridgehead atoms. The summed E-state index contributed by atoms with van der Waals surface area (Å²) in [4.78, 5) is 20.9. The van der Waals surface area contributed by atoms with Crippen LogP contribution in [-0.2, 0) is 11.2 Å². The van der Waals surface area contributed by atoms with Crippen molar-refractivity contribution in [1.29, 1.82) is 0 Å². The van der Waals surface area contributed by atoms with E-state index in [-0.39, 0.29) is 35.7 Å². The van der Waals surface area contributed by atoms with Crippen LogP contribution in [0.4, 0.5) is 16.1 Å². The molecule has 8 heteroatoms. The molecule has 2 aromatic carbocycles. The highest BCUT2D eigenvalue weighted by Crippen LogP contribution is 2.36. The normalized spacial score (nSPS) is 10.7. The maximum atomic E-state index is 13.3. The van der Waals surface area contributed by atoms with Gasteiger partial charge in [-0.05, 0) is 35.9 Å². The van der Waals surface area contributed by atoms with Crippen LogP contribution >= 0.6 is 0 Å². The highest BCUT2D eigenvalue weighted by atomic mass is 19.1. The van der Waals surface area contributed by atoms with Crippen molar-refractivity contribution < 1.29 is 13.7 Å². The number of rotatable bonds is 5. The number of benzene rings is 2. The lowest BCUT2D eigenvalue weighted by molar-refractivity contribution is -0.115. The molecule has 0 atom stereocenters. The molecule has 0 aliphatic rings. The van der Waals surface area contributed by atoms with Crippen LogP contribution in [0.1, 0.15) is 5.56 Å². The molecule has 7 nitrogen and oxygen atoms in total. The van der Waals surface area contributed by atoms with Gasteiger partial charge in [-0.15, -0.1) is 0 Å². The molecule has 0 radical (unpaired) electrons. The molecule has 2 aromatic heterocycles. The van der Waals surface area contributed by atoms with E-state index >= 15 is 0 Å². The Morgan fingerprint density at radius 1 is 1.07 bits per heavy atom. The van der Waals surface area contributed by atoms with E-state index in [2.05, 4.69) is 20.4 Å². The van der Waals surface area contributed by atoms with Gasteiger partial charge >= 0.3 is 0 Å². The van der Waals surface area contributed by atoms with Crippen molar-refractivity contribution in [3.63, 3.8) is 0 Å². The maximum absolute atomic E-state index is 13.3. The second-order valence-corrected chi connectivity index (χ2v) is 6.26. The van der Waals surface area contributed by atoms with Gasteiger partial charge in [-0.1, -0.05) is 35.5 Å². The van der Waals surface area contributed by atoms with Crippen LogP contribution in [0.25, 0.3) is 22.6 Å². The number of hydrogen-bond acceptors (Lipinski definition) is 6. The van der Waals surface area contributed by atoms with Gasteiger partial charge in [0.05, 0.1) is 6.42 Å². The average molecular weight is 389 g/mol. The van der Waals surface area contributed by atoms with Gasteiger partial charge in [0.2, 0.25) is 11.8 Å². The summed E-state index contributed by atoms with van der Waals surface area (Å²) in [6.07, 6.45) is 1.65. The van der Waals surface area contributed by atoms with Crippen molar-refractivity contribution in [1.82, 2.24) is 15.1 Å². The highest BCUT2D eigenvalue weighted by Gasteiger charge is 2.23. The molecular weight excluding hydrogens is 373 g/mol. The summed E-state index contributed by atoms with van der Waals surface area (Å²) in [5.74, 6) is -0.0854. The summed E-state index contributed by atoms with van der Waals surface area (Å²) in [6, 6.07) is 16.6. The first-order valence-corrected chi connectivity index (χ1v) is 8.78. The number of nitrogens with zero attached hydrogens (tertiary/aromatic N) is 3. The summed E-state index contributed by atoms with van der Waals surface area (Å²) < 4.78 is 18.7. The molecule has 0 spiro atoms. The number of amides is 1. The molecule has 0 saturated carbocycles. The number of halogens is 1. The predicted molar refractivity (Wildman–Crippen MR) is 106 cm³/mol. The smallest absolute Gasteiger partial charge is 0.243 e. The van der Waals surface area contributed by atoms with Crippen LogP contribution in [0.3, 0.4) is 0 Å². The third-order valence-electron chi connectivity index (χ3n) is 4.17. The number of nitrogen functional groups attached to an aromatic ring is 1. The topological polar surface area (TPSA) is 107 Å². The first-order valence-electron chi connectivity index (χ1n) is 8.78. The number of nitrogens with two attached hydrogens (primary N) is 1. The van der Waals surface area contributed by atoms with E-state index in [0.717, 1.165) is 5.56 Å². The van der Waals surface area contributed by atoms with Crippen LogP contribution in [0, 0.1) is 5.82 Å². The second-order valence-electron chi connectivity index (χ2n) is 6.26. The van der Waals surface area contributed by atoms with Gasteiger partial charge in [-0.3, -0.25) is 10.1 Å². The Labute approximate surface area is 165 Å². The van der Waals surface area contributed by atoms with Gasteiger partial charge in [0.1, 0.15) is 22.9 Å². The van der Waals surface area contributed by atoms with Crippen LogP contribution in [0.2, 0.25) is 0 Å². The Kier molecular flexibility index (Phi) is 4.98. The Bertz CT molecular complexity index is 1140. The predicted octanol–water partition coefficient (Wildman–Crippen LogP) is 3.70. The van der Waals surface area contributed by atoms with Gasteiger partial charge in [0.15, 0.2) is 5.82 Å². The largest absolute Gasteiger partial charge is 0.384 e. The lowest BCUT2D eigenvalue weighted by atomic mass is 10.1. The first kappa shape index (κ1) is 18.3. The molecule has 0 unspecified atom stereocenters. The van der Waals surface area contributed by atoms with Crippen LogP contribution < -0.4 is 11.1 Å². The summed E-state index contributed by atoms with van der Waals surface area (Å²) in [5.41, 5.74) is 7.96. The third-order valence-corrected chi connectivity index (χ3v) is 4.17. The van der Waals surface area contributed by atoms with Gasteiger partial charge in [0, 0.05) is 11.8 Å². The van der Waals surface area contributed by atoms with Crippen LogP contribution in [0.15, 0.2) is 71.4 Å². The standard InChI is InChI=1S/C21H16FN5O2/c22-15-8-6-14(7-9-15)19-18(20-24-11-10-16(23)25-20)21(29-27-19)26-17(28)12-13-4-2-1-3-5-13/h1-11H,12H2,(H,26,28)(H2,23,24,25). The van der Waals surface area contributed by atoms with Crippen molar-refractivity contribution in [3.8, 4) is 22.6 Å². The summed E-state index contributed by atoms with van der Waals surface area (Å²) in [6.45, 7) is 0. The Morgan fingerprint density at radius 3 is 2.55 bits per heavy atom. The van der Waals surface area contributed by atoms with Crippen molar-refractivity contribution in [2.45, 2.75) is 6.42 Å². The third kappa shape index (κ3) is 4.11. The molecule has 1 amide bonds. The molecule has 2 heterocycles. The minimum atomic E-state index is -0.379. The second kappa shape index (κ2) is 7.89. The number of carbonyl (C=O) groups excluding carboxylic acids is 1. The van der Waals surface area contributed by atoms with E-state index in [1.807, 2.05) is 30.3 Å². The number of carbonyl (C=O) groups is 1. The summed E-state index contributed by atoms with van der Waals surface area (Å²) >= 11 is 0. The Morgan fingerprint density at radius 2 is 1.83 bits per heavy atom.